The van der Waals surface area contributed by atoms with Crippen molar-refractivity contribution in [1.29, 1.82) is 0 Å². The van der Waals surface area contributed by atoms with Crippen LogP contribution in [0.3, 0.4) is 0 Å². The van der Waals surface area contributed by atoms with Crippen LogP contribution in [0, 0.1) is 0 Å². The average molecular weight is 395 g/mol. The van der Waals surface area contributed by atoms with Gasteiger partial charge in [0.05, 0.1) is 11.0 Å². The number of para-hydroxylation sites is 2. The fraction of sp³-hybridized carbons (Fsp3) is 0.120. The molecule has 1 aliphatic carbocycles. The Bertz CT molecular complexity index is 1250. The van der Waals surface area contributed by atoms with E-state index in [4.69, 9.17) is 10.2 Å². The minimum absolute atomic E-state index is 0.309. The highest BCUT2D eigenvalue weighted by Gasteiger charge is 2.26. The minimum Gasteiger partial charge on any atom is -0.320 e. The number of nitrogens with one attached hydrogen (secondary N) is 1. The maximum absolute atomic E-state index is 11.3. The Morgan fingerprint density at radius 2 is 1.73 bits per heavy atom. The van der Waals surface area contributed by atoms with Crippen LogP contribution in [0.15, 0.2) is 78.9 Å². The molecule has 0 bridgehead atoms. The Morgan fingerprint density at radius 3 is 2.50 bits per heavy atom. The topological polar surface area (TPSA) is 67.2 Å². The third kappa shape index (κ3) is 3.29. The zero-order chi connectivity index (χ0) is 20.5. The van der Waals surface area contributed by atoms with Gasteiger partial charge >= 0.3 is 0 Å². The zero-order valence-corrected chi connectivity index (χ0v) is 16.3. The maximum Gasteiger partial charge on any atom is 0.267 e. The molecule has 5 heteroatoms. The summed E-state index contributed by atoms with van der Waals surface area (Å²) < 4.78 is 2.36. The normalized spacial score (nSPS) is 13.8. The molecule has 0 unspecified atom stereocenters. The number of hydroxylamine groups is 1. The third-order valence-electron chi connectivity index (χ3n) is 5.67. The summed E-state index contributed by atoms with van der Waals surface area (Å²) in [4.78, 5) is 16.3. The lowest BCUT2D eigenvalue weighted by atomic mass is 10.1. The molecule has 0 spiro atoms. The van der Waals surface area contributed by atoms with E-state index in [1.165, 1.54) is 17.2 Å². The molecular weight excluding hydrogens is 374 g/mol. The standard InChI is InChI=1S/C25H21N3O2/c29-24(27-30)13-12-17-6-5-9-20(14-17)25-26-22-10-3-4-11-23(22)28(25)21-15-18-7-1-2-8-19(18)16-21/h1-14,21,30H,15-16H2,(H,27,29). The van der Waals surface area contributed by atoms with Gasteiger partial charge in [0.2, 0.25) is 0 Å². The first-order valence-electron chi connectivity index (χ1n) is 9.99. The summed E-state index contributed by atoms with van der Waals surface area (Å²) in [6.45, 7) is 0. The fourth-order valence-electron chi connectivity index (χ4n) is 4.33. The summed E-state index contributed by atoms with van der Waals surface area (Å²) >= 11 is 0. The number of amides is 1. The van der Waals surface area contributed by atoms with E-state index in [1.54, 1.807) is 11.6 Å². The summed E-state index contributed by atoms with van der Waals surface area (Å²) in [6, 6.07) is 25.1. The van der Waals surface area contributed by atoms with Crippen molar-refractivity contribution < 1.29 is 10.0 Å². The van der Waals surface area contributed by atoms with Gasteiger partial charge in [-0.2, -0.15) is 0 Å². The quantitative estimate of drug-likeness (QED) is 0.302. The van der Waals surface area contributed by atoms with Crippen LogP contribution in [0.25, 0.3) is 28.5 Å². The number of rotatable bonds is 4. The molecule has 5 rings (SSSR count). The molecule has 0 saturated carbocycles. The van der Waals surface area contributed by atoms with Crippen molar-refractivity contribution in [1.82, 2.24) is 15.0 Å². The van der Waals surface area contributed by atoms with Crippen LogP contribution >= 0.6 is 0 Å². The van der Waals surface area contributed by atoms with Gasteiger partial charge in [0, 0.05) is 17.7 Å². The van der Waals surface area contributed by atoms with Gasteiger partial charge in [-0.15, -0.1) is 0 Å². The number of aromatic nitrogens is 2. The lowest BCUT2D eigenvalue weighted by Gasteiger charge is -2.17. The minimum atomic E-state index is -0.559. The number of benzene rings is 3. The van der Waals surface area contributed by atoms with Crippen molar-refractivity contribution in [2.45, 2.75) is 18.9 Å². The van der Waals surface area contributed by atoms with E-state index in [1.807, 2.05) is 36.4 Å². The second-order valence-electron chi connectivity index (χ2n) is 7.56. The Hall–Kier alpha value is -3.70. The van der Waals surface area contributed by atoms with Crippen molar-refractivity contribution >= 4 is 23.0 Å². The van der Waals surface area contributed by atoms with Crippen molar-refractivity contribution in [3.05, 3.63) is 95.6 Å². The molecule has 0 aliphatic heterocycles. The van der Waals surface area contributed by atoms with E-state index in [9.17, 15) is 4.79 Å². The third-order valence-corrected chi connectivity index (χ3v) is 5.67. The van der Waals surface area contributed by atoms with Gasteiger partial charge in [0.1, 0.15) is 5.82 Å². The molecule has 0 radical (unpaired) electrons. The molecule has 5 nitrogen and oxygen atoms in total. The summed E-state index contributed by atoms with van der Waals surface area (Å²) in [7, 11) is 0. The van der Waals surface area contributed by atoms with Gasteiger partial charge in [-0.05, 0) is 53.8 Å². The molecule has 0 saturated heterocycles. The second-order valence-corrected chi connectivity index (χ2v) is 7.56. The van der Waals surface area contributed by atoms with Crippen molar-refractivity contribution in [2.24, 2.45) is 0 Å². The number of carbonyl (C=O) groups excluding carboxylic acids is 1. The molecular formula is C25H21N3O2. The molecule has 1 heterocycles. The van der Waals surface area contributed by atoms with E-state index in [-0.39, 0.29) is 0 Å². The Morgan fingerprint density at radius 1 is 1.00 bits per heavy atom. The highest BCUT2D eigenvalue weighted by atomic mass is 16.5. The highest BCUT2D eigenvalue weighted by Crippen LogP contribution is 2.36. The number of hydrogen-bond acceptors (Lipinski definition) is 3. The monoisotopic (exact) mass is 395 g/mol. The molecule has 1 aromatic heterocycles. The number of imidazole rings is 1. The van der Waals surface area contributed by atoms with Crippen molar-refractivity contribution in [2.75, 3.05) is 0 Å². The molecule has 4 aromatic rings. The SMILES string of the molecule is O=C(C=Cc1cccc(-c2nc3ccccc3n2C2Cc3ccccc3C2)c1)NO. The molecule has 30 heavy (non-hydrogen) atoms. The number of hydrogen-bond donors (Lipinski definition) is 2. The van der Waals surface area contributed by atoms with Crippen LogP contribution in [0.1, 0.15) is 22.7 Å². The van der Waals surface area contributed by atoms with E-state index < -0.39 is 5.91 Å². The fourth-order valence-corrected chi connectivity index (χ4v) is 4.33. The molecule has 2 N–H and O–H groups in total. The Balaban J connectivity index is 1.60. The predicted molar refractivity (Wildman–Crippen MR) is 117 cm³/mol. The number of nitrogens with zero attached hydrogens (tertiary/aromatic N) is 2. The largest absolute Gasteiger partial charge is 0.320 e. The zero-order valence-electron chi connectivity index (χ0n) is 16.3. The summed E-state index contributed by atoms with van der Waals surface area (Å²) in [5.41, 5.74) is 8.38. The van der Waals surface area contributed by atoms with Gasteiger partial charge in [0.25, 0.3) is 5.91 Å². The van der Waals surface area contributed by atoms with Gasteiger partial charge < -0.3 is 4.57 Å². The molecule has 3 aromatic carbocycles. The smallest absolute Gasteiger partial charge is 0.267 e. The van der Waals surface area contributed by atoms with Crippen LogP contribution in [-0.4, -0.2) is 20.7 Å². The first-order chi connectivity index (χ1) is 14.7. The van der Waals surface area contributed by atoms with Crippen molar-refractivity contribution in [3.63, 3.8) is 0 Å². The van der Waals surface area contributed by atoms with Crippen molar-refractivity contribution in [3.8, 4) is 11.4 Å². The maximum atomic E-state index is 11.3. The number of fused-ring (bicyclic) bond motifs is 2. The average Bonchev–Trinajstić information content (AvgIpc) is 3.38. The second kappa shape index (κ2) is 7.61. The Kier molecular flexibility index (Phi) is 4.65. The molecule has 0 atom stereocenters. The van der Waals surface area contributed by atoms with Gasteiger partial charge in [0.15, 0.2) is 0 Å². The molecule has 148 valence electrons. The van der Waals surface area contributed by atoms with E-state index >= 15 is 0 Å². The van der Waals surface area contributed by atoms with Gasteiger partial charge in [-0.25, -0.2) is 10.5 Å². The molecule has 0 fully saturated rings. The van der Waals surface area contributed by atoms with E-state index in [0.717, 1.165) is 40.8 Å². The summed E-state index contributed by atoms with van der Waals surface area (Å²) in [6.07, 6.45) is 4.95. The Labute approximate surface area is 174 Å². The summed E-state index contributed by atoms with van der Waals surface area (Å²) in [5, 5.41) is 8.69. The van der Waals surface area contributed by atoms with E-state index in [0.29, 0.717) is 6.04 Å². The summed E-state index contributed by atoms with van der Waals surface area (Å²) in [5.74, 6) is 0.368. The highest BCUT2D eigenvalue weighted by molar-refractivity contribution is 5.91. The molecule has 1 amide bonds. The van der Waals surface area contributed by atoms with Crippen LogP contribution < -0.4 is 5.48 Å². The van der Waals surface area contributed by atoms with Gasteiger partial charge in [-0.1, -0.05) is 54.6 Å². The van der Waals surface area contributed by atoms with Crippen LogP contribution in [0.4, 0.5) is 0 Å². The van der Waals surface area contributed by atoms with Crippen LogP contribution in [-0.2, 0) is 17.6 Å². The van der Waals surface area contributed by atoms with Crippen LogP contribution in [0.5, 0.6) is 0 Å². The van der Waals surface area contributed by atoms with E-state index in [2.05, 4.69) is 41.0 Å². The lowest BCUT2D eigenvalue weighted by Crippen LogP contribution is -2.14. The first-order valence-corrected chi connectivity index (χ1v) is 9.99. The predicted octanol–water partition coefficient (Wildman–Crippen LogP) is 4.56. The van der Waals surface area contributed by atoms with Gasteiger partial charge in [-0.3, -0.25) is 10.0 Å². The lowest BCUT2D eigenvalue weighted by molar-refractivity contribution is -0.124. The number of carbonyl (C=O) groups is 1. The molecule has 1 aliphatic rings. The first kappa shape index (κ1) is 18.3. The van der Waals surface area contributed by atoms with Crippen LogP contribution in [0.2, 0.25) is 0 Å².